The monoisotopic (exact) mass is 177 g/mol. The Morgan fingerprint density at radius 2 is 2.45 bits per heavy atom. The van der Waals surface area contributed by atoms with Crippen LogP contribution in [0.2, 0.25) is 0 Å². The van der Waals surface area contributed by atoms with Crippen LogP contribution in [0, 0.1) is 5.41 Å². The van der Waals surface area contributed by atoms with Gasteiger partial charge in [-0.05, 0) is 0 Å². The summed E-state index contributed by atoms with van der Waals surface area (Å²) < 4.78 is 4.62. The normalized spacial score (nSPS) is 8.82. The molecule has 0 aliphatic heterocycles. The second-order valence-corrected chi connectivity index (χ2v) is 2.74. The Morgan fingerprint density at radius 1 is 1.82 bits per heavy atom. The molecule has 5 nitrogen and oxygen atoms in total. The summed E-state index contributed by atoms with van der Waals surface area (Å²) >= 11 is 1.14. The number of hydrogen-bond donors (Lipinski definition) is 3. The van der Waals surface area contributed by atoms with E-state index < -0.39 is 6.09 Å². The first-order valence-corrected chi connectivity index (χ1v) is 3.96. The SMILES string of the molecule is CNC(=O)OCCSC(=N)N. The maximum Gasteiger partial charge on any atom is 0.406 e. The van der Waals surface area contributed by atoms with Crippen LogP contribution in [0.3, 0.4) is 0 Å². The van der Waals surface area contributed by atoms with E-state index in [1.165, 1.54) is 7.05 Å². The average Bonchev–Trinajstić information content (AvgIpc) is 1.97. The molecule has 0 saturated heterocycles. The van der Waals surface area contributed by atoms with Gasteiger partial charge in [-0.25, -0.2) is 4.79 Å². The third-order valence-electron chi connectivity index (χ3n) is 0.778. The highest BCUT2D eigenvalue weighted by molar-refractivity contribution is 8.13. The first-order valence-electron chi connectivity index (χ1n) is 2.98. The lowest BCUT2D eigenvalue weighted by atomic mass is 10.8. The van der Waals surface area contributed by atoms with Gasteiger partial charge in [0.25, 0.3) is 0 Å². The molecule has 0 atom stereocenters. The standard InChI is InChI=1S/C5H11N3O2S/c1-8-5(9)10-2-3-11-4(6)7/h2-3H2,1H3,(H3,6,7)(H,8,9). The first kappa shape index (κ1) is 10.1. The molecule has 0 rings (SSSR count). The minimum atomic E-state index is -0.464. The van der Waals surface area contributed by atoms with E-state index in [0.717, 1.165) is 11.8 Å². The van der Waals surface area contributed by atoms with Crippen molar-refractivity contribution in [1.29, 1.82) is 5.41 Å². The first-order chi connectivity index (χ1) is 5.16. The number of carbonyl (C=O) groups is 1. The van der Waals surface area contributed by atoms with Crippen LogP contribution < -0.4 is 11.1 Å². The van der Waals surface area contributed by atoms with Crippen LogP contribution in [-0.4, -0.2) is 30.7 Å². The zero-order chi connectivity index (χ0) is 8.69. The molecule has 64 valence electrons. The van der Waals surface area contributed by atoms with Gasteiger partial charge in [0.05, 0.1) is 0 Å². The second kappa shape index (κ2) is 5.84. The van der Waals surface area contributed by atoms with E-state index in [2.05, 4.69) is 10.1 Å². The van der Waals surface area contributed by atoms with E-state index in [4.69, 9.17) is 11.1 Å². The van der Waals surface area contributed by atoms with Gasteiger partial charge in [0.2, 0.25) is 0 Å². The molecule has 0 aliphatic rings. The Hall–Kier alpha value is -0.910. The molecule has 11 heavy (non-hydrogen) atoms. The second-order valence-electron chi connectivity index (χ2n) is 1.60. The van der Waals surface area contributed by atoms with E-state index in [1.807, 2.05) is 0 Å². The lowest BCUT2D eigenvalue weighted by Crippen LogP contribution is -2.20. The summed E-state index contributed by atoms with van der Waals surface area (Å²) in [6.07, 6.45) is -0.464. The quantitative estimate of drug-likeness (QED) is 0.321. The van der Waals surface area contributed by atoms with Crippen molar-refractivity contribution < 1.29 is 9.53 Å². The molecule has 0 saturated carbocycles. The summed E-state index contributed by atoms with van der Waals surface area (Å²) in [7, 11) is 1.49. The summed E-state index contributed by atoms with van der Waals surface area (Å²) in [6, 6.07) is 0. The fourth-order valence-electron chi connectivity index (χ4n) is 0.358. The molecule has 0 aromatic rings. The number of nitrogens with one attached hydrogen (secondary N) is 2. The molecule has 0 aliphatic carbocycles. The van der Waals surface area contributed by atoms with Crippen molar-refractivity contribution in [2.75, 3.05) is 19.4 Å². The molecular weight excluding hydrogens is 166 g/mol. The molecule has 0 bridgehead atoms. The molecule has 0 radical (unpaired) electrons. The fourth-order valence-corrected chi connectivity index (χ4v) is 0.745. The molecule has 1 amide bonds. The highest BCUT2D eigenvalue weighted by Crippen LogP contribution is 1.96. The van der Waals surface area contributed by atoms with Gasteiger partial charge in [0, 0.05) is 12.8 Å². The van der Waals surface area contributed by atoms with Crippen molar-refractivity contribution in [3.05, 3.63) is 0 Å². The number of carbonyl (C=O) groups excluding carboxylic acids is 1. The minimum absolute atomic E-state index is 0.0329. The van der Waals surface area contributed by atoms with E-state index >= 15 is 0 Å². The maximum absolute atomic E-state index is 10.4. The number of amidine groups is 1. The smallest absolute Gasteiger partial charge is 0.406 e. The molecule has 0 fully saturated rings. The lowest BCUT2D eigenvalue weighted by Gasteiger charge is -2.01. The van der Waals surface area contributed by atoms with Gasteiger partial charge in [-0.3, -0.25) is 5.41 Å². The number of ether oxygens (including phenoxy) is 1. The Bertz CT molecular complexity index is 151. The van der Waals surface area contributed by atoms with E-state index in [-0.39, 0.29) is 11.8 Å². The summed E-state index contributed by atoms with van der Waals surface area (Å²) in [5.41, 5.74) is 5.03. The number of hydrogen-bond acceptors (Lipinski definition) is 4. The van der Waals surface area contributed by atoms with E-state index in [0.29, 0.717) is 5.75 Å². The predicted octanol–water partition coefficient (Wildman–Crippen LogP) is -0.0309. The number of nitrogens with two attached hydrogens (primary N) is 1. The maximum atomic E-state index is 10.4. The van der Waals surface area contributed by atoms with Gasteiger partial charge >= 0.3 is 6.09 Å². The molecule has 6 heteroatoms. The number of rotatable bonds is 3. The third kappa shape index (κ3) is 6.98. The van der Waals surface area contributed by atoms with Crippen molar-refractivity contribution >= 4 is 23.0 Å². The fraction of sp³-hybridized carbons (Fsp3) is 0.600. The van der Waals surface area contributed by atoms with Gasteiger partial charge in [0.15, 0.2) is 5.17 Å². The Morgan fingerprint density at radius 3 is 2.91 bits per heavy atom. The molecular formula is C5H11N3O2S. The number of amides is 1. The van der Waals surface area contributed by atoms with Crippen molar-refractivity contribution in [3.8, 4) is 0 Å². The highest BCUT2D eigenvalue weighted by atomic mass is 32.2. The van der Waals surface area contributed by atoms with Crippen LogP contribution in [0.25, 0.3) is 0 Å². The van der Waals surface area contributed by atoms with Gasteiger partial charge in [-0.1, -0.05) is 11.8 Å². The van der Waals surface area contributed by atoms with Crippen molar-refractivity contribution in [3.63, 3.8) is 0 Å². The Kier molecular flexibility index (Phi) is 5.36. The largest absolute Gasteiger partial charge is 0.449 e. The van der Waals surface area contributed by atoms with Crippen LogP contribution in [-0.2, 0) is 4.74 Å². The van der Waals surface area contributed by atoms with Crippen molar-refractivity contribution in [2.45, 2.75) is 0 Å². The minimum Gasteiger partial charge on any atom is -0.449 e. The van der Waals surface area contributed by atoms with Crippen LogP contribution in [0.5, 0.6) is 0 Å². The zero-order valence-electron chi connectivity index (χ0n) is 6.22. The van der Waals surface area contributed by atoms with Crippen LogP contribution >= 0.6 is 11.8 Å². The van der Waals surface area contributed by atoms with Gasteiger partial charge in [0.1, 0.15) is 6.61 Å². The molecule has 0 unspecified atom stereocenters. The topological polar surface area (TPSA) is 88.2 Å². The van der Waals surface area contributed by atoms with Crippen LogP contribution in [0.4, 0.5) is 4.79 Å². The molecule has 0 aromatic heterocycles. The number of thioether (sulfide) groups is 1. The van der Waals surface area contributed by atoms with E-state index in [9.17, 15) is 4.79 Å². The molecule has 0 heterocycles. The average molecular weight is 177 g/mol. The highest BCUT2D eigenvalue weighted by Gasteiger charge is 1.96. The molecule has 0 aromatic carbocycles. The van der Waals surface area contributed by atoms with Crippen LogP contribution in [0.1, 0.15) is 0 Å². The van der Waals surface area contributed by atoms with Gasteiger partial charge < -0.3 is 15.8 Å². The van der Waals surface area contributed by atoms with Crippen LogP contribution in [0.15, 0.2) is 0 Å². The van der Waals surface area contributed by atoms with Gasteiger partial charge in [-0.2, -0.15) is 0 Å². The molecule has 0 spiro atoms. The third-order valence-corrected chi connectivity index (χ3v) is 1.46. The molecule has 4 N–H and O–H groups in total. The Balaban J connectivity index is 3.14. The number of alkyl carbamates (subject to hydrolysis) is 1. The summed E-state index contributed by atoms with van der Waals surface area (Å²) in [5, 5.41) is 9.14. The summed E-state index contributed by atoms with van der Waals surface area (Å²) in [4.78, 5) is 10.4. The Labute approximate surface area is 69.2 Å². The van der Waals surface area contributed by atoms with E-state index in [1.54, 1.807) is 0 Å². The summed E-state index contributed by atoms with van der Waals surface area (Å²) in [5.74, 6) is 0.517. The summed E-state index contributed by atoms with van der Waals surface area (Å²) in [6.45, 7) is 0.268. The van der Waals surface area contributed by atoms with Crippen molar-refractivity contribution in [1.82, 2.24) is 5.32 Å². The predicted molar refractivity (Wildman–Crippen MR) is 44.8 cm³/mol. The van der Waals surface area contributed by atoms with Crippen molar-refractivity contribution in [2.24, 2.45) is 5.73 Å². The zero-order valence-corrected chi connectivity index (χ0v) is 7.03. The van der Waals surface area contributed by atoms with Gasteiger partial charge in [-0.15, -0.1) is 0 Å². The lowest BCUT2D eigenvalue weighted by molar-refractivity contribution is 0.155.